The first-order chi connectivity index (χ1) is 9.56. The molecule has 0 unspecified atom stereocenters. The van der Waals surface area contributed by atoms with Crippen LogP contribution in [-0.2, 0) is 6.42 Å². The topological polar surface area (TPSA) is 32.3 Å². The van der Waals surface area contributed by atoms with Gasteiger partial charge >= 0.3 is 0 Å². The Morgan fingerprint density at radius 3 is 2.60 bits per heavy atom. The number of phenols is 1. The third-order valence-corrected chi connectivity index (χ3v) is 5.01. The molecule has 1 aromatic rings. The summed E-state index contributed by atoms with van der Waals surface area (Å²) in [6.07, 6.45) is 6.32. The average molecular weight is 275 g/mol. The van der Waals surface area contributed by atoms with Crippen LogP contribution in [0.25, 0.3) is 0 Å². The highest BCUT2D eigenvalue weighted by molar-refractivity contribution is 5.25. The highest BCUT2D eigenvalue weighted by Gasteiger charge is 2.27. The molecule has 0 bridgehead atoms. The van der Waals surface area contributed by atoms with Crippen molar-refractivity contribution in [2.24, 2.45) is 11.8 Å². The molecule has 1 aliphatic rings. The summed E-state index contributed by atoms with van der Waals surface area (Å²) in [5.74, 6) is 2.00. The standard InChI is InChI=1S/C18H29NO/c1-13-5-4-6-18(15(13)3)19-14(2)7-8-16-9-11-17(20)12-10-16/h9-15,18-20H,4-8H2,1-3H3/t13-,14+,15+,18-/m1/s1. The van der Waals surface area contributed by atoms with Gasteiger partial charge in [0.25, 0.3) is 0 Å². The number of phenolic OH excluding ortho intramolecular Hbond substituents is 1. The van der Waals surface area contributed by atoms with Crippen molar-refractivity contribution in [3.8, 4) is 5.75 Å². The first-order valence-corrected chi connectivity index (χ1v) is 8.10. The molecular weight excluding hydrogens is 246 g/mol. The van der Waals surface area contributed by atoms with Crippen LogP contribution >= 0.6 is 0 Å². The summed E-state index contributed by atoms with van der Waals surface area (Å²) in [4.78, 5) is 0. The lowest BCUT2D eigenvalue weighted by molar-refractivity contribution is 0.194. The van der Waals surface area contributed by atoms with Crippen LogP contribution in [0.2, 0.25) is 0 Å². The number of hydrogen-bond acceptors (Lipinski definition) is 2. The second-order valence-corrected chi connectivity index (χ2v) is 6.65. The van der Waals surface area contributed by atoms with E-state index < -0.39 is 0 Å². The molecule has 1 aliphatic carbocycles. The van der Waals surface area contributed by atoms with Gasteiger partial charge in [-0.25, -0.2) is 0 Å². The average Bonchev–Trinajstić information content (AvgIpc) is 2.43. The van der Waals surface area contributed by atoms with Crippen LogP contribution in [0, 0.1) is 11.8 Å². The summed E-state index contributed by atoms with van der Waals surface area (Å²) in [5, 5.41) is 13.1. The molecule has 2 nitrogen and oxygen atoms in total. The Balaban J connectivity index is 1.77. The molecule has 2 N–H and O–H groups in total. The van der Waals surface area contributed by atoms with Crippen molar-refractivity contribution in [3.05, 3.63) is 29.8 Å². The van der Waals surface area contributed by atoms with Crippen molar-refractivity contribution < 1.29 is 5.11 Å². The van der Waals surface area contributed by atoms with Crippen molar-refractivity contribution in [3.63, 3.8) is 0 Å². The van der Waals surface area contributed by atoms with Gasteiger partial charge in [0.05, 0.1) is 0 Å². The molecule has 2 heteroatoms. The fourth-order valence-electron chi connectivity index (χ4n) is 3.31. The second-order valence-electron chi connectivity index (χ2n) is 6.65. The Morgan fingerprint density at radius 1 is 1.20 bits per heavy atom. The molecule has 0 radical (unpaired) electrons. The molecule has 4 atom stereocenters. The molecular formula is C18H29NO. The first-order valence-electron chi connectivity index (χ1n) is 8.10. The number of benzene rings is 1. The van der Waals surface area contributed by atoms with E-state index in [1.165, 1.54) is 24.8 Å². The van der Waals surface area contributed by atoms with E-state index in [1.54, 1.807) is 12.1 Å². The third-order valence-electron chi connectivity index (χ3n) is 5.01. The number of rotatable bonds is 5. The van der Waals surface area contributed by atoms with Crippen LogP contribution in [0.15, 0.2) is 24.3 Å². The maximum absolute atomic E-state index is 9.29. The number of nitrogens with one attached hydrogen (secondary N) is 1. The van der Waals surface area contributed by atoms with Gasteiger partial charge < -0.3 is 10.4 Å². The predicted octanol–water partition coefficient (Wildman–Crippen LogP) is 4.13. The Morgan fingerprint density at radius 2 is 1.90 bits per heavy atom. The highest BCUT2D eigenvalue weighted by Crippen LogP contribution is 2.29. The lowest BCUT2D eigenvalue weighted by Gasteiger charge is -2.36. The van der Waals surface area contributed by atoms with E-state index in [2.05, 4.69) is 26.1 Å². The van der Waals surface area contributed by atoms with Gasteiger partial charge in [-0.15, -0.1) is 0 Å². The Labute approximate surface area is 123 Å². The first kappa shape index (κ1) is 15.4. The molecule has 1 fully saturated rings. The van der Waals surface area contributed by atoms with Crippen molar-refractivity contribution in [2.75, 3.05) is 0 Å². The Hall–Kier alpha value is -1.02. The normalized spacial score (nSPS) is 28.2. The molecule has 20 heavy (non-hydrogen) atoms. The van der Waals surface area contributed by atoms with Crippen LogP contribution in [0.3, 0.4) is 0 Å². The Bertz CT molecular complexity index is 400. The molecule has 0 amide bonds. The molecule has 0 saturated heterocycles. The fourth-order valence-corrected chi connectivity index (χ4v) is 3.31. The van der Waals surface area contributed by atoms with Gasteiger partial charge in [0.15, 0.2) is 0 Å². The minimum Gasteiger partial charge on any atom is -0.508 e. The number of aromatic hydroxyl groups is 1. The van der Waals surface area contributed by atoms with E-state index in [9.17, 15) is 5.11 Å². The maximum atomic E-state index is 9.29. The largest absolute Gasteiger partial charge is 0.508 e. The smallest absolute Gasteiger partial charge is 0.115 e. The van der Waals surface area contributed by atoms with Gasteiger partial charge in [0, 0.05) is 12.1 Å². The summed E-state index contributed by atoms with van der Waals surface area (Å²) < 4.78 is 0. The van der Waals surface area contributed by atoms with E-state index >= 15 is 0 Å². The SMILES string of the molecule is C[C@H]1[C@H](C)CCC[C@H]1N[C@@H](C)CCc1ccc(O)cc1. The fraction of sp³-hybridized carbons (Fsp3) is 0.667. The quantitative estimate of drug-likeness (QED) is 0.847. The van der Waals surface area contributed by atoms with Crippen molar-refractivity contribution in [2.45, 2.75) is 65.0 Å². The molecule has 0 heterocycles. The highest BCUT2D eigenvalue weighted by atomic mass is 16.3. The zero-order valence-electron chi connectivity index (χ0n) is 13.1. The van der Waals surface area contributed by atoms with Gasteiger partial charge in [-0.1, -0.05) is 38.8 Å². The minimum absolute atomic E-state index is 0.352. The predicted molar refractivity (Wildman–Crippen MR) is 85.0 cm³/mol. The van der Waals surface area contributed by atoms with Gasteiger partial charge in [0.2, 0.25) is 0 Å². The van der Waals surface area contributed by atoms with Crippen molar-refractivity contribution >= 4 is 0 Å². The number of aryl methyl sites for hydroxylation is 1. The van der Waals surface area contributed by atoms with Gasteiger partial charge in [0.1, 0.15) is 5.75 Å². The summed E-state index contributed by atoms with van der Waals surface area (Å²) in [7, 11) is 0. The monoisotopic (exact) mass is 275 g/mol. The summed E-state index contributed by atoms with van der Waals surface area (Å²) >= 11 is 0. The molecule has 1 saturated carbocycles. The maximum Gasteiger partial charge on any atom is 0.115 e. The van der Waals surface area contributed by atoms with Crippen LogP contribution in [0.1, 0.15) is 52.0 Å². The lowest BCUT2D eigenvalue weighted by atomic mass is 9.78. The van der Waals surface area contributed by atoms with E-state index in [0.29, 0.717) is 17.8 Å². The van der Waals surface area contributed by atoms with E-state index in [4.69, 9.17) is 0 Å². The molecule has 0 aromatic heterocycles. The molecule has 0 spiro atoms. The van der Waals surface area contributed by atoms with Crippen molar-refractivity contribution in [1.29, 1.82) is 0 Å². The summed E-state index contributed by atoms with van der Waals surface area (Å²) in [5.41, 5.74) is 1.31. The number of hydrogen-bond donors (Lipinski definition) is 2. The molecule has 2 rings (SSSR count). The Kier molecular flexibility index (Phi) is 5.47. The van der Waals surface area contributed by atoms with Crippen molar-refractivity contribution in [1.82, 2.24) is 5.32 Å². The van der Waals surface area contributed by atoms with E-state index in [-0.39, 0.29) is 0 Å². The van der Waals surface area contributed by atoms with Crippen LogP contribution in [0.5, 0.6) is 5.75 Å². The van der Waals surface area contributed by atoms with Gasteiger partial charge in [-0.3, -0.25) is 0 Å². The molecule has 0 aliphatic heterocycles. The van der Waals surface area contributed by atoms with E-state index in [1.807, 2.05) is 12.1 Å². The van der Waals surface area contributed by atoms with Crippen LogP contribution in [0.4, 0.5) is 0 Å². The summed E-state index contributed by atoms with van der Waals surface area (Å²) in [6.45, 7) is 7.08. The van der Waals surface area contributed by atoms with E-state index in [0.717, 1.165) is 24.7 Å². The zero-order chi connectivity index (χ0) is 14.5. The molecule has 112 valence electrons. The van der Waals surface area contributed by atoms with Gasteiger partial charge in [-0.2, -0.15) is 0 Å². The van der Waals surface area contributed by atoms with Crippen LogP contribution < -0.4 is 5.32 Å². The second kappa shape index (κ2) is 7.12. The lowest BCUT2D eigenvalue weighted by Crippen LogP contribution is -2.44. The minimum atomic E-state index is 0.352. The third kappa shape index (κ3) is 4.24. The van der Waals surface area contributed by atoms with Gasteiger partial charge in [-0.05, 0) is 55.7 Å². The summed E-state index contributed by atoms with van der Waals surface area (Å²) in [6, 6.07) is 8.84. The van der Waals surface area contributed by atoms with Crippen LogP contribution in [-0.4, -0.2) is 17.2 Å². The zero-order valence-corrected chi connectivity index (χ0v) is 13.1. The molecule has 1 aromatic carbocycles.